The minimum atomic E-state index is -0.0210. The van der Waals surface area contributed by atoms with E-state index in [1.54, 1.807) is 6.07 Å². The normalized spacial score (nSPS) is 17.8. The highest BCUT2D eigenvalue weighted by molar-refractivity contribution is 5.39. The van der Waals surface area contributed by atoms with Crippen LogP contribution in [0.3, 0.4) is 0 Å². The Morgan fingerprint density at radius 1 is 1.46 bits per heavy atom. The fourth-order valence-electron chi connectivity index (χ4n) is 1.61. The van der Waals surface area contributed by atoms with Crippen LogP contribution >= 0.6 is 0 Å². The van der Waals surface area contributed by atoms with Crippen molar-refractivity contribution in [2.45, 2.75) is 18.3 Å². The molecule has 2 nitrogen and oxygen atoms in total. The van der Waals surface area contributed by atoms with Crippen molar-refractivity contribution < 1.29 is 5.11 Å². The van der Waals surface area contributed by atoms with Gasteiger partial charge in [0.25, 0.3) is 0 Å². The Kier molecular flexibility index (Phi) is 1.82. The van der Waals surface area contributed by atoms with Crippen molar-refractivity contribution >= 4 is 0 Å². The Labute approximate surface area is 77.4 Å². The third-order valence-corrected chi connectivity index (χ3v) is 2.76. The molecule has 1 aliphatic carbocycles. The average molecular weight is 173 g/mol. The summed E-state index contributed by atoms with van der Waals surface area (Å²) in [6, 6.07) is 9.65. The number of hydrogen-bond acceptors (Lipinski definition) is 2. The van der Waals surface area contributed by atoms with Crippen molar-refractivity contribution in [2.75, 3.05) is 6.61 Å². The fraction of sp³-hybridized carbons (Fsp3) is 0.364. The van der Waals surface area contributed by atoms with Gasteiger partial charge in [-0.1, -0.05) is 12.1 Å². The van der Waals surface area contributed by atoms with Gasteiger partial charge in [-0.3, -0.25) is 0 Å². The summed E-state index contributed by atoms with van der Waals surface area (Å²) in [6.07, 6.45) is 2.08. The summed E-state index contributed by atoms with van der Waals surface area (Å²) >= 11 is 0. The first-order valence-corrected chi connectivity index (χ1v) is 4.42. The molecule has 0 amide bonds. The van der Waals surface area contributed by atoms with E-state index in [0.717, 1.165) is 18.4 Å². The third-order valence-electron chi connectivity index (χ3n) is 2.76. The van der Waals surface area contributed by atoms with Crippen LogP contribution in [0.5, 0.6) is 0 Å². The Bertz CT molecular complexity index is 361. The number of aliphatic hydroxyl groups excluding tert-OH is 1. The van der Waals surface area contributed by atoms with Crippen molar-refractivity contribution in [3.8, 4) is 6.07 Å². The van der Waals surface area contributed by atoms with Crippen molar-refractivity contribution in [1.29, 1.82) is 5.26 Å². The Balaban J connectivity index is 2.37. The molecule has 0 unspecified atom stereocenters. The average Bonchev–Trinajstić information content (AvgIpc) is 2.99. The zero-order valence-electron chi connectivity index (χ0n) is 7.33. The van der Waals surface area contributed by atoms with Crippen LogP contribution in [0.1, 0.15) is 24.0 Å². The molecule has 1 N–H and O–H groups in total. The standard InChI is InChI=1S/C11H11NO/c12-7-9-2-1-3-10(6-9)11(8-13)4-5-11/h1-3,6,13H,4-5,8H2. The summed E-state index contributed by atoms with van der Waals surface area (Å²) in [5.41, 5.74) is 1.76. The van der Waals surface area contributed by atoms with E-state index < -0.39 is 0 Å². The highest BCUT2D eigenvalue weighted by Gasteiger charge is 2.43. The molecule has 0 aliphatic heterocycles. The van der Waals surface area contributed by atoms with Crippen molar-refractivity contribution in [3.63, 3.8) is 0 Å². The Morgan fingerprint density at radius 2 is 2.23 bits per heavy atom. The van der Waals surface area contributed by atoms with E-state index >= 15 is 0 Å². The molecule has 0 bridgehead atoms. The summed E-state index contributed by atoms with van der Waals surface area (Å²) in [5, 5.41) is 17.9. The number of aliphatic hydroxyl groups is 1. The van der Waals surface area contributed by atoms with Crippen LogP contribution in [0.15, 0.2) is 24.3 Å². The SMILES string of the molecule is N#Cc1cccc(C2(CO)CC2)c1. The first-order chi connectivity index (χ1) is 6.30. The Hall–Kier alpha value is -1.33. The molecule has 0 atom stereocenters. The fourth-order valence-corrected chi connectivity index (χ4v) is 1.61. The minimum Gasteiger partial charge on any atom is -0.395 e. The molecular formula is C11H11NO. The van der Waals surface area contributed by atoms with Crippen LogP contribution in [0.4, 0.5) is 0 Å². The van der Waals surface area contributed by atoms with Gasteiger partial charge in [0, 0.05) is 5.41 Å². The number of nitrogens with zero attached hydrogens (tertiary/aromatic N) is 1. The number of hydrogen-bond donors (Lipinski definition) is 1. The number of benzene rings is 1. The van der Waals surface area contributed by atoms with Gasteiger partial charge in [-0.25, -0.2) is 0 Å². The monoisotopic (exact) mass is 173 g/mol. The molecule has 13 heavy (non-hydrogen) atoms. The number of rotatable bonds is 2. The molecule has 0 spiro atoms. The summed E-state index contributed by atoms with van der Waals surface area (Å²) < 4.78 is 0. The predicted molar refractivity (Wildman–Crippen MR) is 49.2 cm³/mol. The van der Waals surface area contributed by atoms with Gasteiger partial charge < -0.3 is 5.11 Å². The van der Waals surface area contributed by atoms with Crippen molar-refractivity contribution in [2.24, 2.45) is 0 Å². The van der Waals surface area contributed by atoms with Crippen LogP contribution in [0.25, 0.3) is 0 Å². The highest BCUT2D eigenvalue weighted by atomic mass is 16.3. The first-order valence-electron chi connectivity index (χ1n) is 4.42. The molecule has 0 radical (unpaired) electrons. The predicted octanol–water partition coefficient (Wildman–Crippen LogP) is 1.58. The molecule has 0 aromatic heterocycles. The quantitative estimate of drug-likeness (QED) is 0.738. The largest absolute Gasteiger partial charge is 0.395 e. The number of nitriles is 1. The second-order valence-corrected chi connectivity index (χ2v) is 3.63. The van der Waals surface area contributed by atoms with Gasteiger partial charge in [-0.15, -0.1) is 0 Å². The third kappa shape index (κ3) is 1.32. The molecule has 0 saturated heterocycles. The maximum absolute atomic E-state index is 9.19. The Morgan fingerprint density at radius 3 is 2.77 bits per heavy atom. The lowest BCUT2D eigenvalue weighted by Crippen LogP contribution is -2.11. The van der Waals surface area contributed by atoms with Gasteiger partial charge in [0.1, 0.15) is 0 Å². The second kappa shape index (κ2) is 2.86. The highest BCUT2D eigenvalue weighted by Crippen LogP contribution is 2.47. The van der Waals surface area contributed by atoms with E-state index in [0.29, 0.717) is 5.56 Å². The first kappa shape index (κ1) is 8.28. The molecule has 2 heteroatoms. The summed E-state index contributed by atoms with van der Waals surface area (Å²) in [7, 11) is 0. The van der Waals surface area contributed by atoms with E-state index in [1.165, 1.54) is 0 Å². The molecule has 1 aromatic carbocycles. The van der Waals surface area contributed by atoms with Gasteiger partial charge >= 0.3 is 0 Å². The summed E-state index contributed by atoms with van der Waals surface area (Å²) in [4.78, 5) is 0. The molecule has 66 valence electrons. The van der Waals surface area contributed by atoms with Gasteiger partial charge in [-0.05, 0) is 30.5 Å². The zero-order valence-corrected chi connectivity index (χ0v) is 7.33. The van der Waals surface area contributed by atoms with Gasteiger partial charge in [0.2, 0.25) is 0 Å². The summed E-state index contributed by atoms with van der Waals surface area (Å²) in [5.74, 6) is 0. The van der Waals surface area contributed by atoms with Crippen molar-refractivity contribution in [1.82, 2.24) is 0 Å². The van der Waals surface area contributed by atoms with Gasteiger partial charge in [0.15, 0.2) is 0 Å². The lowest BCUT2D eigenvalue weighted by Gasteiger charge is -2.11. The van der Waals surface area contributed by atoms with E-state index in [2.05, 4.69) is 6.07 Å². The second-order valence-electron chi connectivity index (χ2n) is 3.63. The van der Waals surface area contributed by atoms with Crippen LogP contribution in [-0.4, -0.2) is 11.7 Å². The van der Waals surface area contributed by atoms with Crippen LogP contribution in [0, 0.1) is 11.3 Å². The van der Waals surface area contributed by atoms with E-state index in [4.69, 9.17) is 5.26 Å². The molecule has 1 fully saturated rings. The molecule has 1 aliphatic rings. The van der Waals surface area contributed by atoms with Gasteiger partial charge in [-0.2, -0.15) is 5.26 Å². The van der Waals surface area contributed by atoms with Crippen molar-refractivity contribution in [3.05, 3.63) is 35.4 Å². The maximum Gasteiger partial charge on any atom is 0.0991 e. The van der Waals surface area contributed by atoms with Crippen LogP contribution in [-0.2, 0) is 5.41 Å². The van der Waals surface area contributed by atoms with E-state index in [-0.39, 0.29) is 12.0 Å². The summed E-state index contributed by atoms with van der Waals surface area (Å²) in [6.45, 7) is 0.196. The zero-order chi connectivity index (χ0) is 9.31. The molecule has 0 heterocycles. The topological polar surface area (TPSA) is 44.0 Å². The molecular weight excluding hydrogens is 162 g/mol. The van der Waals surface area contributed by atoms with Crippen LogP contribution < -0.4 is 0 Å². The lowest BCUT2D eigenvalue weighted by molar-refractivity contribution is 0.255. The smallest absolute Gasteiger partial charge is 0.0991 e. The van der Waals surface area contributed by atoms with E-state index in [9.17, 15) is 5.11 Å². The minimum absolute atomic E-state index is 0.0210. The molecule has 1 saturated carbocycles. The van der Waals surface area contributed by atoms with E-state index in [1.807, 2.05) is 18.2 Å². The maximum atomic E-state index is 9.19. The molecule has 1 aromatic rings. The molecule has 2 rings (SSSR count). The van der Waals surface area contributed by atoms with Gasteiger partial charge in [0.05, 0.1) is 18.2 Å². The van der Waals surface area contributed by atoms with Crippen LogP contribution in [0.2, 0.25) is 0 Å². The lowest BCUT2D eigenvalue weighted by atomic mass is 9.95.